The van der Waals surface area contributed by atoms with Crippen LogP contribution in [0.15, 0.2) is 102 Å². The van der Waals surface area contributed by atoms with Gasteiger partial charge in [0.05, 0.1) is 10.6 Å². The third kappa shape index (κ3) is 5.64. The normalized spacial score (nSPS) is 11.0. The standard InChI is InChI=1S/C26H24N4O4S/c1-2-30(22-9-4-3-5-10-22)35(32,33)23-11-6-8-21(18-23)26(31)29-25-24(12-7-15-28-25)34-19-20-13-16-27-17-14-20/h3-18H,2,19H2,1H3,(H,28,29,31). The summed E-state index contributed by atoms with van der Waals surface area (Å²) in [6.07, 6.45) is 4.88. The molecule has 9 heteroatoms. The highest BCUT2D eigenvalue weighted by Crippen LogP contribution is 2.25. The molecule has 1 amide bonds. The summed E-state index contributed by atoms with van der Waals surface area (Å²) < 4.78 is 33.8. The van der Waals surface area contributed by atoms with Gasteiger partial charge in [-0.2, -0.15) is 0 Å². The highest BCUT2D eigenvalue weighted by Gasteiger charge is 2.24. The monoisotopic (exact) mass is 488 g/mol. The van der Waals surface area contributed by atoms with E-state index >= 15 is 0 Å². The summed E-state index contributed by atoms with van der Waals surface area (Å²) in [6.45, 7) is 2.28. The summed E-state index contributed by atoms with van der Waals surface area (Å²) in [5, 5.41) is 2.72. The maximum absolute atomic E-state index is 13.3. The molecule has 0 saturated heterocycles. The van der Waals surface area contributed by atoms with E-state index in [0.717, 1.165) is 5.56 Å². The van der Waals surface area contributed by atoms with Crippen LogP contribution in [-0.4, -0.2) is 30.8 Å². The first kappa shape index (κ1) is 23.9. The SMILES string of the molecule is CCN(c1ccccc1)S(=O)(=O)c1cccc(C(=O)Nc2ncccc2OCc2ccncc2)c1. The van der Waals surface area contributed by atoms with Gasteiger partial charge in [-0.25, -0.2) is 13.4 Å². The van der Waals surface area contributed by atoms with Gasteiger partial charge in [-0.1, -0.05) is 24.3 Å². The maximum Gasteiger partial charge on any atom is 0.264 e. The molecule has 0 atom stereocenters. The second-order valence-corrected chi connectivity index (χ2v) is 9.34. The fraction of sp³-hybridized carbons (Fsp3) is 0.115. The van der Waals surface area contributed by atoms with Gasteiger partial charge in [-0.15, -0.1) is 0 Å². The van der Waals surface area contributed by atoms with Crippen LogP contribution in [0.3, 0.4) is 0 Å². The first-order valence-corrected chi connectivity index (χ1v) is 12.4. The molecule has 1 N–H and O–H groups in total. The van der Waals surface area contributed by atoms with Crippen molar-refractivity contribution >= 4 is 27.4 Å². The second-order valence-electron chi connectivity index (χ2n) is 7.48. The van der Waals surface area contributed by atoms with E-state index in [1.54, 1.807) is 67.8 Å². The van der Waals surface area contributed by atoms with Crippen LogP contribution in [0.2, 0.25) is 0 Å². The number of ether oxygens (including phenoxy) is 1. The molecule has 35 heavy (non-hydrogen) atoms. The maximum atomic E-state index is 13.3. The third-order valence-corrected chi connectivity index (χ3v) is 7.06. The zero-order valence-corrected chi connectivity index (χ0v) is 19.9. The Morgan fingerprint density at radius 2 is 1.71 bits per heavy atom. The van der Waals surface area contributed by atoms with E-state index in [9.17, 15) is 13.2 Å². The molecule has 178 valence electrons. The molecule has 0 fully saturated rings. The lowest BCUT2D eigenvalue weighted by atomic mass is 10.2. The summed E-state index contributed by atoms with van der Waals surface area (Å²) in [5.74, 6) is 0.124. The molecule has 2 aromatic heterocycles. The Bertz CT molecular complexity index is 1400. The summed E-state index contributed by atoms with van der Waals surface area (Å²) >= 11 is 0. The molecule has 0 saturated carbocycles. The van der Waals surface area contributed by atoms with Gasteiger partial charge in [0, 0.05) is 30.7 Å². The highest BCUT2D eigenvalue weighted by molar-refractivity contribution is 7.92. The first-order valence-electron chi connectivity index (χ1n) is 10.9. The molecule has 4 aromatic rings. The minimum Gasteiger partial charge on any atom is -0.485 e. The Hall–Kier alpha value is -4.24. The Labute approximate surface area is 204 Å². The van der Waals surface area contributed by atoms with Crippen LogP contribution < -0.4 is 14.4 Å². The van der Waals surface area contributed by atoms with E-state index in [1.807, 2.05) is 18.2 Å². The molecule has 0 bridgehead atoms. The van der Waals surface area contributed by atoms with Gasteiger partial charge >= 0.3 is 0 Å². The van der Waals surface area contributed by atoms with E-state index in [2.05, 4.69) is 15.3 Å². The number of amides is 1. The summed E-state index contributed by atoms with van der Waals surface area (Å²) in [4.78, 5) is 21.2. The molecule has 2 heterocycles. The smallest absolute Gasteiger partial charge is 0.264 e. The van der Waals surface area contributed by atoms with Gasteiger partial charge < -0.3 is 10.1 Å². The van der Waals surface area contributed by atoms with E-state index < -0.39 is 15.9 Å². The molecule has 0 spiro atoms. The third-order valence-electron chi connectivity index (χ3n) is 5.16. The predicted octanol–water partition coefficient (Wildman–Crippen LogP) is 4.52. The number of sulfonamides is 1. The van der Waals surface area contributed by atoms with Crippen molar-refractivity contribution in [3.05, 3.63) is 109 Å². The van der Waals surface area contributed by atoms with Crippen molar-refractivity contribution < 1.29 is 17.9 Å². The Morgan fingerprint density at radius 1 is 0.943 bits per heavy atom. The fourth-order valence-corrected chi connectivity index (χ4v) is 4.95. The molecule has 0 aliphatic heterocycles. The van der Waals surface area contributed by atoms with Gasteiger partial charge in [0.2, 0.25) is 0 Å². The summed E-state index contributed by atoms with van der Waals surface area (Å²) in [7, 11) is -3.87. The highest BCUT2D eigenvalue weighted by atomic mass is 32.2. The van der Waals surface area contributed by atoms with Crippen LogP contribution in [0.4, 0.5) is 11.5 Å². The van der Waals surface area contributed by atoms with E-state index in [-0.39, 0.29) is 29.4 Å². The quantitative estimate of drug-likeness (QED) is 0.372. The number of hydrogen-bond acceptors (Lipinski definition) is 6. The van der Waals surface area contributed by atoms with Crippen LogP contribution in [0, 0.1) is 0 Å². The van der Waals surface area contributed by atoms with E-state index in [4.69, 9.17) is 4.74 Å². The molecule has 8 nitrogen and oxygen atoms in total. The Balaban J connectivity index is 1.54. The van der Waals surface area contributed by atoms with Crippen molar-refractivity contribution in [1.82, 2.24) is 9.97 Å². The van der Waals surface area contributed by atoms with Crippen LogP contribution >= 0.6 is 0 Å². The van der Waals surface area contributed by atoms with Crippen molar-refractivity contribution in [3.63, 3.8) is 0 Å². The fourth-order valence-electron chi connectivity index (χ4n) is 3.43. The van der Waals surface area contributed by atoms with Crippen LogP contribution in [-0.2, 0) is 16.6 Å². The van der Waals surface area contributed by atoms with Crippen molar-refractivity contribution in [3.8, 4) is 5.75 Å². The molecule has 4 rings (SSSR count). The average molecular weight is 489 g/mol. The van der Waals surface area contributed by atoms with Crippen molar-refractivity contribution in [2.24, 2.45) is 0 Å². The number of para-hydroxylation sites is 1. The Morgan fingerprint density at radius 3 is 2.46 bits per heavy atom. The zero-order valence-electron chi connectivity index (χ0n) is 19.0. The van der Waals surface area contributed by atoms with Crippen LogP contribution in [0.5, 0.6) is 5.75 Å². The zero-order chi connectivity index (χ0) is 24.7. The van der Waals surface area contributed by atoms with Gasteiger partial charge in [-0.3, -0.25) is 14.1 Å². The number of aromatic nitrogens is 2. The molecule has 2 aromatic carbocycles. The molecular weight excluding hydrogens is 464 g/mol. The van der Waals surface area contributed by atoms with Gasteiger partial charge in [0.15, 0.2) is 11.6 Å². The lowest BCUT2D eigenvalue weighted by molar-refractivity contribution is 0.102. The number of benzene rings is 2. The molecule has 0 radical (unpaired) electrons. The lowest BCUT2D eigenvalue weighted by Gasteiger charge is -2.23. The minimum atomic E-state index is -3.87. The molecule has 0 unspecified atom stereocenters. The lowest BCUT2D eigenvalue weighted by Crippen LogP contribution is -2.31. The number of nitrogens with zero attached hydrogens (tertiary/aromatic N) is 3. The largest absolute Gasteiger partial charge is 0.485 e. The van der Waals surface area contributed by atoms with E-state index in [0.29, 0.717) is 11.4 Å². The molecular formula is C26H24N4O4S. The first-order chi connectivity index (χ1) is 17.0. The van der Waals surface area contributed by atoms with Crippen LogP contribution in [0.1, 0.15) is 22.8 Å². The molecule has 0 aliphatic rings. The summed E-state index contributed by atoms with van der Waals surface area (Å²) in [5.41, 5.74) is 1.65. The molecule has 0 aliphatic carbocycles. The van der Waals surface area contributed by atoms with Gasteiger partial charge in [-0.05, 0) is 67.1 Å². The number of carbonyl (C=O) groups excluding carboxylic acids is 1. The number of pyridine rings is 2. The van der Waals surface area contributed by atoms with Crippen molar-refractivity contribution in [2.75, 3.05) is 16.2 Å². The predicted molar refractivity (Wildman–Crippen MR) is 134 cm³/mol. The van der Waals surface area contributed by atoms with Crippen LogP contribution in [0.25, 0.3) is 0 Å². The number of hydrogen-bond donors (Lipinski definition) is 1. The number of rotatable bonds is 9. The topological polar surface area (TPSA) is 101 Å². The van der Waals surface area contributed by atoms with Gasteiger partial charge in [0.25, 0.3) is 15.9 Å². The van der Waals surface area contributed by atoms with Crippen molar-refractivity contribution in [1.29, 1.82) is 0 Å². The van der Waals surface area contributed by atoms with E-state index in [1.165, 1.54) is 22.6 Å². The average Bonchev–Trinajstić information content (AvgIpc) is 2.90. The minimum absolute atomic E-state index is 0.0195. The number of anilines is 2. The Kier molecular flexibility index (Phi) is 7.37. The number of carbonyl (C=O) groups is 1. The number of nitrogens with one attached hydrogen (secondary N) is 1. The van der Waals surface area contributed by atoms with Crippen molar-refractivity contribution in [2.45, 2.75) is 18.4 Å². The van der Waals surface area contributed by atoms with Gasteiger partial charge in [0.1, 0.15) is 6.61 Å². The second kappa shape index (κ2) is 10.8. The summed E-state index contributed by atoms with van der Waals surface area (Å²) in [6, 6.07) is 21.8.